The van der Waals surface area contributed by atoms with Crippen LogP contribution in [-0.2, 0) is 6.54 Å². The lowest BCUT2D eigenvalue weighted by molar-refractivity contribution is 0.0996. The number of anilines is 2. The number of rotatable bonds is 4. The Kier molecular flexibility index (Phi) is 4.58. The zero-order chi connectivity index (χ0) is 22.7. The summed E-state index contributed by atoms with van der Waals surface area (Å²) in [5.41, 5.74) is 2.93. The number of fused-ring (bicyclic) bond motifs is 3. The van der Waals surface area contributed by atoms with Crippen LogP contribution >= 0.6 is 0 Å². The van der Waals surface area contributed by atoms with Gasteiger partial charge in [0.25, 0.3) is 5.91 Å². The second kappa shape index (κ2) is 7.52. The average molecular weight is 445 g/mol. The number of nitrogens with zero attached hydrogens (tertiary/aromatic N) is 4. The van der Waals surface area contributed by atoms with Gasteiger partial charge in [-0.15, -0.1) is 0 Å². The van der Waals surface area contributed by atoms with Gasteiger partial charge in [0.15, 0.2) is 0 Å². The molecule has 1 amide bonds. The predicted octanol–water partition coefficient (Wildman–Crippen LogP) is 3.31. The van der Waals surface area contributed by atoms with Crippen molar-refractivity contribution in [3.8, 4) is 17.0 Å². The first-order valence-corrected chi connectivity index (χ1v) is 11.1. The number of pyridine rings is 2. The van der Waals surface area contributed by atoms with Crippen molar-refractivity contribution in [1.82, 2.24) is 15.3 Å². The van der Waals surface area contributed by atoms with Crippen molar-refractivity contribution in [1.29, 1.82) is 0 Å². The zero-order valence-corrected chi connectivity index (χ0v) is 18.5. The monoisotopic (exact) mass is 445 g/mol. The highest BCUT2D eigenvalue weighted by atomic mass is 19.1. The van der Waals surface area contributed by atoms with Crippen molar-refractivity contribution in [3.05, 3.63) is 65.1 Å². The van der Waals surface area contributed by atoms with Crippen LogP contribution in [0.15, 0.2) is 42.6 Å². The highest BCUT2D eigenvalue weighted by Crippen LogP contribution is 2.39. The molecule has 168 valence electrons. The molecule has 2 atom stereocenters. The van der Waals surface area contributed by atoms with E-state index in [1.807, 2.05) is 13.0 Å². The fourth-order valence-corrected chi connectivity index (χ4v) is 5.29. The van der Waals surface area contributed by atoms with Gasteiger partial charge in [0, 0.05) is 42.5 Å². The smallest absolute Gasteiger partial charge is 0.260 e. The summed E-state index contributed by atoms with van der Waals surface area (Å²) in [6, 6.07) is 11.3. The molecule has 1 aromatic carbocycles. The Balaban J connectivity index is 1.39. The summed E-state index contributed by atoms with van der Waals surface area (Å²) in [6.45, 7) is 4.18. The Morgan fingerprint density at radius 1 is 1.21 bits per heavy atom. The number of benzene rings is 1. The van der Waals surface area contributed by atoms with E-state index in [1.165, 1.54) is 13.2 Å². The Bertz CT molecular complexity index is 1280. The van der Waals surface area contributed by atoms with Crippen LogP contribution in [0, 0.1) is 12.7 Å². The SMILES string of the molecule is COc1cccc(F)c1-c1nccc2c1CN(c1cc(C)cc(N3C[C@@H]4C[C@H]3CN4)n1)C2=O. The number of piperazine rings is 1. The molecule has 3 aliphatic heterocycles. The van der Waals surface area contributed by atoms with E-state index in [1.54, 1.807) is 29.3 Å². The molecular formula is C25H24FN5O2. The van der Waals surface area contributed by atoms with Crippen LogP contribution < -0.4 is 19.9 Å². The number of hydrogen-bond donors (Lipinski definition) is 1. The van der Waals surface area contributed by atoms with Crippen molar-refractivity contribution in [2.24, 2.45) is 0 Å². The largest absolute Gasteiger partial charge is 0.496 e. The number of hydrogen-bond acceptors (Lipinski definition) is 6. The van der Waals surface area contributed by atoms with Gasteiger partial charge in [0.1, 0.15) is 23.2 Å². The third-order valence-corrected chi connectivity index (χ3v) is 6.85. The van der Waals surface area contributed by atoms with Crippen LogP contribution in [0.2, 0.25) is 0 Å². The maximum atomic E-state index is 14.8. The molecule has 33 heavy (non-hydrogen) atoms. The Morgan fingerprint density at radius 3 is 2.82 bits per heavy atom. The summed E-state index contributed by atoms with van der Waals surface area (Å²) in [4.78, 5) is 26.7. The first-order chi connectivity index (χ1) is 16.0. The standard InChI is InChI=1S/C25H24FN5O2/c1-14-8-21(30-12-15-10-16(30)11-28-15)29-22(9-14)31-13-18-17(25(31)32)6-7-27-24(18)23-19(26)4-3-5-20(23)33-2/h3-9,15-16,28H,10-13H2,1-2H3/t15-,16-/m0/s1. The van der Waals surface area contributed by atoms with Crippen molar-refractivity contribution in [2.75, 3.05) is 30.0 Å². The van der Waals surface area contributed by atoms with Gasteiger partial charge >= 0.3 is 0 Å². The van der Waals surface area contributed by atoms with Gasteiger partial charge in [-0.05, 0) is 49.2 Å². The topological polar surface area (TPSA) is 70.6 Å². The van der Waals surface area contributed by atoms with E-state index in [0.29, 0.717) is 40.5 Å². The molecule has 6 rings (SSSR count). The molecule has 0 unspecified atom stereocenters. The number of halogens is 1. The summed E-state index contributed by atoms with van der Waals surface area (Å²) in [6.07, 6.45) is 2.67. The summed E-state index contributed by atoms with van der Waals surface area (Å²) in [5.74, 6) is 1.30. The molecule has 3 aromatic rings. The van der Waals surface area contributed by atoms with Crippen LogP contribution in [0.25, 0.3) is 11.3 Å². The van der Waals surface area contributed by atoms with Crippen LogP contribution in [0.3, 0.4) is 0 Å². The second-order valence-corrected chi connectivity index (χ2v) is 8.90. The highest BCUT2D eigenvalue weighted by molar-refractivity contribution is 6.10. The van der Waals surface area contributed by atoms with Crippen molar-refractivity contribution in [3.63, 3.8) is 0 Å². The van der Waals surface area contributed by atoms with E-state index in [0.717, 1.165) is 30.9 Å². The predicted molar refractivity (Wildman–Crippen MR) is 123 cm³/mol. The number of aryl methyl sites for hydroxylation is 1. The third-order valence-electron chi connectivity index (χ3n) is 6.85. The maximum absolute atomic E-state index is 14.8. The van der Waals surface area contributed by atoms with E-state index >= 15 is 0 Å². The average Bonchev–Trinajstić information content (AvgIpc) is 3.53. The molecule has 2 aromatic heterocycles. The van der Waals surface area contributed by atoms with Crippen LogP contribution in [0.5, 0.6) is 5.75 Å². The maximum Gasteiger partial charge on any atom is 0.260 e. The number of amides is 1. The third kappa shape index (κ3) is 3.16. The molecule has 5 heterocycles. The molecule has 0 saturated carbocycles. The molecule has 2 bridgehead atoms. The molecule has 0 aliphatic carbocycles. The van der Waals surface area contributed by atoms with Gasteiger partial charge in [0.05, 0.1) is 24.9 Å². The van der Waals surface area contributed by atoms with Gasteiger partial charge in [-0.25, -0.2) is 9.37 Å². The van der Waals surface area contributed by atoms with Crippen LogP contribution in [0.4, 0.5) is 16.0 Å². The minimum Gasteiger partial charge on any atom is -0.496 e. The highest BCUT2D eigenvalue weighted by Gasteiger charge is 2.39. The molecule has 7 nitrogen and oxygen atoms in total. The van der Waals surface area contributed by atoms with Crippen LogP contribution in [0.1, 0.15) is 27.9 Å². The fourth-order valence-electron chi connectivity index (χ4n) is 5.29. The summed E-state index contributed by atoms with van der Waals surface area (Å²) in [7, 11) is 1.50. The van der Waals surface area contributed by atoms with Crippen molar-refractivity contribution in [2.45, 2.75) is 32.0 Å². The van der Waals surface area contributed by atoms with Gasteiger partial charge in [-0.2, -0.15) is 0 Å². The zero-order valence-electron chi connectivity index (χ0n) is 18.5. The molecule has 2 saturated heterocycles. The number of ether oxygens (including phenoxy) is 1. The molecule has 8 heteroatoms. The molecule has 0 spiro atoms. The lowest BCUT2D eigenvalue weighted by atomic mass is 10.0. The minimum absolute atomic E-state index is 0.155. The van der Waals surface area contributed by atoms with Gasteiger partial charge in [0.2, 0.25) is 0 Å². The normalized spacial score (nSPS) is 21.1. The number of methoxy groups -OCH3 is 1. The van der Waals surface area contributed by atoms with Crippen molar-refractivity contribution >= 4 is 17.5 Å². The molecule has 0 radical (unpaired) electrons. The van der Waals surface area contributed by atoms with E-state index in [4.69, 9.17) is 9.72 Å². The van der Waals surface area contributed by atoms with Gasteiger partial charge in [-0.1, -0.05) is 6.07 Å². The molecule has 1 N–H and O–H groups in total. The first kappa shape index (κ1) is 20.1. The van der Waals surface area contributed by atoms with Crippen molar-refractivity contribution < 1.29 is 13.9 Å². The molecular weight excluding hydrogens is 421 g/mol. The molecule has 3 aliphatic rings. The second-order valence-electron chi connectivity index (χ2n) is 8.90. The number of aromatic nitrogens is 2. The lowest BCUT2D eigenvalue weighted by Crippen LogP contribution is -2.44. The summed E-state index contributed by atoms with van der Waals surface area (Å²) >= 11 is 0. The van der Waals surface area contributed by atoms with Crippen LogP contribution in [-0.4, -0.2) is 48.2 Å². The van der Waals surface area contributed by atoms with E-state index in [9.17, 15) is 9.18 Å². The Hall–Kier alpha value is -3.52. The first-order valence-electron chi connectivity index (χ1n) is 11.1. The van der Waals surface area contributed by atoms with E-state index in [-0.39, 0.29) is 18.0 Å². The summed E-state index contributed by atoms with van der Waals surface area (Å²) < 4.78 is 20.2. The number of nitrogens with one attached hydrogen (secondary N) is 1. The van der Waals surface area contributed by atoms with E-state index in [2.05, 4.69) is 21.3 Å². The Morgan fingerprint density at radius 2 is 2.06 bits per heavy atom. The lowest BCUT2D eigenvalue weighted by Gasteiger charge is -2.29. The quantitative estimate of drug-likeness (QED) is 0.665. The van der Waals surface area contributed by atoms with E-state index < -0.39 is 5.82 Å². The number of carbonyl (C=O) groups excluding carboxylic acids is 1. The van der Waals surface area contributed by atoms with Gasteiger partial charge in [-0.3, -0.25) is 14.7 Å². The Labute approximate surface area is 191 Å². The van der Waals surface area contributed by atoms with Gasteiger partial charge < -0.3 is 15.0 Å². The fraction of sp³-hybridized carbons (Fsp3) is 0.320. The molecule has 2 fully saturated rings. The number of carbonyl (C=O) groups is 1. The summed E-state index contributed by atoms with van der Waals surface area (Å²) in [5, 5.41) is 3.51. The minimum atomic E-state index is -0.435.